The Balaban J connectivity index is 2.00. The van der Waals surface area contributed by atoms with E-state index in [2.05, 4.69) is 11.6 Å². The summed E-state index contributed by atoms with van der Waals surface area (Å²) >= 11 is 1.59. The van der Waals surface area contributed by atoms with E-state index in [-0.39, 0.29) is 11.7 Å². The molecule has 6 heteroatoms. The minimum Gasteiger partial charge on any atom is -0.354 e. The molecule has 0 radical (unpaired) electrons. The van der Waals surface area contributed by atoms with Crippen molar-refractivity contribution in [2.45, 2.75) is 46.5 Å². The zero-order chi connectivity index (χ0) is 18.1. The average Bonchev–Trinajstić information content (AvgIpc) is 3.12. The van der Waals surface area contributed by atoms with Crippen LogP contribution in [0.4, 0.5) is 5.13 Å². The molecule has 1 amide bonds. The first-order chi connectivity index (χ1) is 11.9. The molecule has 0 saturated carbocycles. The second kappa shape index (κ2) is 6.96. The van der Waals surface area contributed by atoms with Gasteiger partial charge in [-0.1, -0.05) is 6.08 Å². The molecular weight excluding hydrogens is 334 g/mol. The highest BCUT2D eigenvalue weighted by molar-refractivity contribution is 7.16. The van der Waals surface area contributed by atoms with Crippen LogP contribution in [-0.2, 0) is 12.8 Å². The molecule has 1 N–H and O–H groups in total. The highest BCUT2D eigenvalue weighted by Crippen LogP contribution is 2.33. The lowest BCUT2D eigenvalue weighted by molar-refractivity contribution is 0.0984. The van der Waals surface area contributed by atoms with Crippen LogP contribution in [0.15, 0.2) is 12.7 Å². The van der Waals surface area contributed by atoms with Crippen molar-refractivity contribution < 1.29 is 9.59 Å². The number of hydrogen-bond acceptors (Lipinski definition) is 4. The number of fused-ring (bicyclic) bond motifs is 1. The number of rotatable bonds is 5. The Labute approximate surface area is 151 Å². The number of aromatic amines is 1. The maximum Gasteiger partial charge on any atom is 0.277 e. The summed E-state index contributed by atoms with van der Waals surface area (Å²) in [4.78, 5) is 35.7. The number of nitrogens with one attached hydrogen (secondary N) is 1. The van der Waals surface area contributed by atoms with E-state index in [1.165, 1.54) is 18.2 Å². The summed E-state index contributed by atoms with van der Waals surface area (Å²) in [5, 5.41) is 0.716. The molecule has 2 heterocycles. The second-order valence-corrected chi connectivity index (χ2v) is 7.52. The van der Waals surface area contributed by atoms with Gasteiger partial charge in [0.2, 0.25) is 0 Å². The van der Waals surface area contributed by atoms with Gasteiger partial charge in [0.25, 0.3) is 5.91 Å². The van der Waals surface area contributed by atoms with Crippen molar-refractivity contribution in [2.24, 2.45) is 0 Å². The summed E-state index contributed by atoms with van der Waals surface area (Å²) in [5.74, 6) is -0.204. The monoisotopic (exact) mass is 357 g/mol. The van der Waals surface area contributed by atoms with Crippen molar-refractivity contribution in [3.63, 3.8) is 0 Å². The van der Waals surface area contributed by atoms with Crippen LogP contribution in [0, 0.1) is 13.8 Å². The van der Waals surface area contributed by atoms with E-state index in [0.29, 0.717) is 28.5 Å². The number of aryl methyl sites for hydroxylation is 3. The summed E-state index contributed by atoms with van der Waals surface area (Å²) in [6.07, 6.45) is 6.06. The van der Waals surface area contributed by atoms with E-state index >= 15 is 0 Å². The third-order valence-electron chi connectivity index (χ3n) is 4.63. The zero-order valence-electron chi connectivity index (χ0n) is 14.9. The van der Waals surface area contributed by atoms with Gasteiger partial charge in [0, 0.05) is 22.7 Å². The summed E-state index contributed by atoms with van der Waals surface area (Å²) in [6.45, 7) is 9.32. The minimum atomic E-state index is -0.168. The molecule has 0 unspecified atom stereocenters. The number of amides is 1. The van der Waals surface area contributed by atoms with Crippen LogP contribution in [0.25, 0.3) is 0 Å². The number of nitrogens with zero attached hydrogens (tertiary/aromatic N) is 2. The second-order valence-electron chi connectivity index (χ2n) is 6.46. The van der Waals surface area contributed by atoms with Gasteiger partial charge >= 0.3 is 0 Å². The van der Waals surface area contributed by atoms with Crippen LogP contribution in [-0.4, -0.2) is 28.2 Å². The van der Waals surface area contributed by atoms with E-state index in [4.69, 9.17) is 4.98 Å². The first-order valence-electron chi connectivity index (χ1n) is 8.55. The maximum atomic E-state index is 13.2. The van der Waals surface area contributed by atoms with Crippen molar-refractivity contribution in [3.05, 3.63) is 45.7 Å². The molecule has 3 rings (SSSR count). The average molecular weight is 357 g/mol. The van der Waals surface area contributed by atoms with Gasteiger partial charge in [0.05, 0.1) is 5.69 Å². The third-order valence-corrected chi connectivity index (χ3v) is 5.81. The molecular formula is C19H23N3O2S. The molecule has 0 saturated heterocycles. The molecule has 5 nitrogen and oxygen atoms in total. The fourth-order valence-electron chi connectivity index (χ4n) is 3.46. The summed E-state index contributed by atoms with van der Waals surface area (Å²) in [5.41, 5.74) is 3.60. The number of anilines is 1. The molecule has 0 spiro atoms. The van der Waals surface area contributed by atoms with Crippen molar-refractivity contribution in [1.82, 2.24) is 9.97 Å². The standard InChI is InChI=1S/C19H23N3O2S/c1-5-10-22(19-21-14-8-6-7-9-15(14)25-19)18(24)17-11(2)16(13(4)23)12(3)20-17/h5,20H,1,6-10H2,2-4H3. The largest absolute Gasteiger partial charge is 0.354 e. The molecule has 2 aromatic heterocycles. The summed E-state index contributed by atoms with van der Waals surface area (Å²) in [6, 6.07) is 0. The lowest BCUT2D eigenvalue weighted by atomic mass is 10.0. The number of thiazole rings is 1. The minimum absolute atomic E-state index is 0.0368. The number of hydrogen-bond donors (Lipinski definition) is 1. The smallest absolute Gasteiger partial charge is 0.277 e. The van der Waals surface area contributed by atoms with Crippen LogP contribution in [0.5, 0.6) is 0 Å². The van der Waals surface area contributed by atoms with Crippen LogP contribution in [0.1, 0.15) is 62.4 Å². The van der Waals surface area contributed by atoms with Gasteiger partial charge in [-0.05, 0) is 52.0 Å². The molecule has 0 fully saturated rings. The SMILES string of the molecule is C=CCN(C(=O)c1[nH]c(C)c(C(C)=O)c1C)c1nc2c(s1)CCCC2. The number of ketones is 1. The maximum absolute atomic E-state index is 13.2. The van der Waals surface area contributed by atoms with Gasteiger partial charge in [-0.3, -0.25) is 14.5 Å². The molecule has 25 heavy (non-hydrogen) atoms. The highest BCUT2D eigenvalue weighted by atomic mass is 32.1. The van der Waals surface area contributed by atoms with Crippen molar-refractivity contribution in [3.8, 4) is 0 Å². The molecule has 1 aliphatic rings. The fraction of sp³-hybridized carbons (Fsp3) is 0.421. The van der Waals surface area contributed by atoms with E-state index in [1.54, 1.807) is 22.3 Å². The number of H-pyrrole nitrogens is 1. The number of Topliss-reactive ketones (excluding diaryl/α,β-unsaturated/α-hetero) is 1. The van der Waals surface area contributed by atoms with Crippen molar-refractivity contribution >= 4 is 28.2 Å². The fourth-order valence-corrected chi connectivity index (χ4v) is 4.61. The Kier molecular flexibility index (Phi) is 4.90. The van der Waals surface area contributed by atoms with Crippen LogP contribution >= 0.6 is 11.3 Å². The Hall–Kier alpha value is -2.21. The first-order valence-corrected chi connectivity index (χ1v) is 9.37. The lowest BCUT2D eigenvalue weighted by Crippen LogP contribution is -2.31. The Morgan fingerprint density at radius 3 is 2.64 bits per heavy atom. The van der Waals surface area contributed by atoms with Crippen LogP contribution < -0.4 is 4.90 Å². The molecule has 0 aliphatic heterocycles. The third kappa shape index (κ3) is 3.18. The molecule has 0 bridgehead atoms. The van der Waals surface area contributed by atoms with Crippen LogP contribution in [0.3, 0.4) is 0 Å². The predicted molar refractivity (Wildman–Crippen MR) is 101 cm³/mol. The van der Waals surface area contributed by atoms with Crippen LogP contribution in [0.2, 0.25) is 0 Å². The first kappa shape index (κ1) is 17.6. The Bertz CT molecular complexity index is 824. The van der Waals surface area contributed by atoms with Crippen molar-refractivity contribution in [2.75, 3.05) is 11.4 Å². The molecule has 0 aromatic carbocycles. The van der Waals surface area contributed by atoms with Crippen molar-refractivity contribution in [1.29, 1.82) is 0 Å². The molecule has 2 aromatic rings. The van der Waals surface area contributed by atoms with E-state index in [1.807, 2.05) is 13.8 Å². The van der Waals surface area contributed by atoms with E-state index < -0.39 is 0 Å². The molecule has 0 atom stereocenters. The summed E-state index contributed by atoms with van der Waals surface area (Å²) in [7, 11) is 0. The van der Waals surface area contributed by atoms with E-state index in [9.17, 15) is 9.59 Å². The van der Waals surface area contributed by atoms with E-state index in [0.717, 1.165) is 30.7 Å². The molecule has 1 aliphatic carbocycles. The van der Waals surface area contributed by atoms with Gasteiger partial charge in [-0.25, -0.2) is 4.98 Å². The lowest BCUT2D eigenvalue weighted by Gasteiger charge is -2.17. The Morgan fingerprint density at radius 1 is 1.32 bits per heavy atom. The van der Waals surface area contributed by atoms with Gasteiger partial charge < -0.3 is 4.98 Å². The predicted octanol–water partition coefficient (Wildman–Crippen LogP) is 4.00. The number of carbonyl (C=O) groups is 2. The number of carbonyl (C=O) groups excluding carboxylic acids is 2. The van der Waals surface area contributed by atoms with Gasteiger partial charge in [-0.2, -0.15) is 0 Å². The van der Waals surface area contributed by atoms with Gasteiger partial charge in [0.15, 0.2) is 10.9 Å². The normalized spacial score (nSPS) is 13.4. The van der Waals surface area contributed by atoms with Gasteiger partial charge in [0.1, 0.15) is 5.69 Å². The van der Waals surface area contributed by atoms with Gasteiger partial charge in [-0.15, -0.1) is 17.9 Å². The highest BCUT2D eigenvalue weighted by Gasteiger charge is 2.27. The summed E-state index contributed by atoms with van der Waals surface area (Å²) < 4.78 is 0. The zero-order valence-corrected chi connectivity index (χ0v) is 15.8. The quantitative estimate of drug-likeness (QED) is 0.650. The Morgan fingerprint density at radius 2 is 2.04 bits per heavy atom. The number of aromatic nitrogens is 2. The molecule has 132 valence electrons. The topological polar surface area (TPSA) is 66.1 Å².